The van der Waals surface area contributed by atoms with Crippen LogP contribution in [0, 0.1) is 0 Å². The van der Waals surface area contributed by atoms with Gasteiger partial charge in [-0.3, -0.25) is 0 Å². The van der Waals surface area contributed by atoms with Gasteiger partial charge in [0.05, 0.1) is 0 Å². The lowest BCUT2D eigenvalue weighted by molar-refractivity contribution is -0.434. The van der Waals surface area contributed by atoms with Gasteiger partial charge in [0.2, 0.25) is 8.91 Å². The summed E-state index contributed by atoms with van der Waals surface area (Å²) in [5.74, 6) is 0.833. The second-order valence-electron chi connectivity index (χ2n) is 3.57. The lowest BCUT2D eigenvalue weighted by atomic mass is 10.2. The number of rotatable bonds is 9. The van der Waals surface area contributed by atoms with Crippen LogP contribution in [0.15, 0.2) is 0 Å². The molecule has 0 spiro atoms. The molecule has 0 saturated carbocycles. The van der Waals surface area contributed by atoms with E-state index in [0.29, 0.717) is 0 Å². The Morgan fingerprint density at radius 3 is 2.36 bits per heavy atom. The highest BCUT2D eigenvalue weighted by Crippen LogP contribution is 2.43. The van der Waals surface area contributed by atoms with E-state index in [2.05, 4.69) is 12.0 Å². The molecule has 0 aromatic rings. The predicted molar refractivity (Wildman–Crippen MR) is 62.7 cm³/mol. The Balaban J connectivity index is 3.51. The highest BCUT2D eigenvalue weighted by atomic mass is 32.5. The Bertz CT molecular complexity index is 139. The van der Waals surface area contributed by atoms with E-state index in [1.165, 1.54) is 25.7 Å². The Kier molecular flexibility index (Phi) is 8.95. The summed E-state index contributed by atoms with van der Waals surface area (Å²) in [6.45, 7) is 2.18. The summed E-state index contributed by atoms with van der Waals surface area (Å²) in [6.07, 6.45) is 7.80. The Morgan fingerprint density at radius 1 is 1.21 bits per heavy atom. The Hall–Kier alpha value is 0.407. The molecule has 0 aromatic carbocycles. The molecule has 0 fully saturated rings. The van der Waals surface area contributed by atoms with Crippen molar-refractivity contribution in [2.24, 2.45) is 0 Å². The molecule has 0 radical (unpaired) electrons. The van der Waals surface area contributed by atoms with E-state index in [4.69, 9.17) is 9.59 Å². The van der Waals surface area contributed by atoms with Crippen LogP contribution >= 0.6 is 9.76 Å². The van der Waals surface area contributed by atoms with Crippen molar-refractivity contribution in [3.05, 3.63) is 0 Å². The molecule has 14 heavy (non-hydrogen) atoms. The third-order valence-electron chi connectivity index (χ3n) is 2.15. The molecule has 0 aromatic heterocycles. The van der Waals surface area contributed by atoms with Gasteiger partial charge in [0.25, 0.3) is 0 Å². The topological polar surface area (TPSA) is 58.9 Å². The first-order chi connectivity index (χ1) is 6.68. The first-order valence-corrected chi connectivity index (χ1v) is 9.69. The summed E-state index contributed by atoms with van der Waals surface area (Å²) in [5.41, 5.74) is 0. The van der Waals surface area contributed by atoms with Gasteiger partial charge in [0.15, 0.2) is 0 Å². The lowest BCUT2D eigenvalue weighted by Gasteiger charge is -2.28. The van der Waals surface area contributed by atoms with Crippen LogP contribution in [0.2, 0.25) is 0 Å². The minimum atomic E-state index is -1.49. The van der Waals surface area contributed by atoms with E-state index >= 15 is 0 Å². The molecule has 1 atom stereocenters. The summed E-state index contributed by atoms with van der Waals surface area (Å²) in [4.78, 5) is 9.18. The molecule has 0 saturated heterocycles. The van der Waals surface area contributed by atoms with E-state index in [0.717, 1.165) is 12.2 Å². The summed E-state index contributed by atoms with van der Waals surface area (Å²) in [6, 6.07) is 0. The van der Waals surface area contributed by atoms with Crippen LogP contribution in [0.4, 0.5) is 0 Å². The monoisotopic (exact) mass is 242 g/mol. The maximum atomic E-state index is 9.18. The predicted octanol–water partition coefficient (Wildman–Crippen LogP) is 1.72. The van der Waals surface area contributed by atoms with Crippen molar-refractivity contribution < 1.29 is 19.4 Å². The molecule has 0 amide bonds. The molecular formula is C8H22O4SSi. The summed E-state index contributed by atoms with van der Waals surface area (Å²) in [5, 5.41) is 11.9. The number of hydrogen-bond donors (Lipinski definition) is 2. The smallest absolute Gasteiger partial charge is 0.228 e. The van der Waals surface area contributed by atoms with Crippen LogP contribution < -0.4 is 0 Å². The molecule has 0 rings (SSSR count). The molecule has 0 heterocycles. The molecular weight excluding hydrogens is 220 g/mol. The van der Waals surface area contributed by atoms with Crippen LogP contribution in [0.25, 0.3) is 0 Å². The first-order valence-electron chi connectivity index (χ1n) is 5.02. The van der Waals surface area contributed by atoms with Crippen LogP contribution in [0.3, 0.4) is 0 Å². The van der Waals surface area contributed by atoms with E-state index in [1.807, 2.05) is 6.26 Å². The van der Waals surface area contributed by atoms with Gasteiger partial charge in [0, 0.05) is 0 Å². The SMILES string of the molecule is CCCCCCCS(C)(OOO)[SiH2]O. The van der Waals surface area contributed by atoms with E-state index < -0.39 is 18.7 Å². The maximum absolute atomic E-state index is 9.18. The third-order valence-corrected chi connectivity index (χ3v) is 7.03. The zero-order valence-corrected chi connectivity index (χ0v) is 11.3. The second-order valence-corrected chi connectivity index (χ2v) is 11.2. The van der Waals surface area contributed by atoms with Crippen LogP contribution in [-0.4, -0.2) is 31.0 Å². The quantitative estimate of drug-likeness (QED) is 0.280. The van der Waals surface area contributed by atoms with E-state index in [9.17, 15) is 4.80 Å². The molecule has 2 N–H and O–H groups in total. The number of unbranched alkanes of at least 4 members (excludes halogenated alkanes) is 4. The second kappa shape index (κ2) is 8.69. The largest absolute Gasteiger partial charge is 0.427 e. The fourth-order valence-electron chi connectivity index (χ4n) is 1.20. The average Bonchev–Trinajstić information content (AvgIpc) is 2.18. The van der Waals surface area contributed by atoms with Gasteiger partial charge in [-0.05, 0) is 18.4 Å². The average molecular weight is 242 g/mol. The molecule has 0 aliphatic carbocycles. The van der Waals surface area contributed by atoms with Crippen molar-refractivity contribution in [2.45, 2.75) is 39.0 Å². The summed E-state index contributed by atoms with van der Waals surface area (Å²) >= 11 is 0. The van der Waals surface area contributed by atoms with Crippen molar-refractivity contribution >= 4 is 18.7 Å². The standard InChI is InChI=1S/C8H22O4SSi/c1-3-4-5-6-7-8-13(2,14-10)12-11-9/h9-10H,3-8,14H2,1-2H3. The highest BCUT2D eigenvalue weighted by Gasteiger charge is 2.19. The fourth-order valence-corrected chi connectivity index (χ4v) is 3.66. The summed E-state index contributed by atoms with van der Waals surface area (Å²) < 4.78 is 4.74. The van der Waals surface area contributed by atoms with Gasteiger partial charge in [-0.1, -0.05) is 47.4 Å². The van der Waals surface area contributed by atoms with E-state index in [-0.39, 0.29) is 0 Å². The van der Waals surface area contributed by atoms with Crippen molar-refractivity contribution in [1.29, 1.82) is 0 Å². The molecule has 88 valence electrons. The molecule has 1 unspecified atom stereocenters. The van der Waals surface area contributed by atoms with Crippen LogP contribution in [0.1, 0.15) is 39.0 Å². The molecule has 4 nitrogen and oxygen atoms in total. The van der Waals surface area contributed by atoms with Crippen LogP contribution in [0.5, 0.6) is 0 Å². The Labute approximate surface area is 89.6 Å². The normalized spacial score (nSPS) is 18.6. The van der Waals surface area contributed by atoms with Gasteiger partial charge in [-0.2, -0.15) is 4.33 Å². The third kappa shape index (κ3) is 6.80. The molecule has 0 bridgehead atoms. The van der Waals surface area contributed by atoms with Gasteiger partial charge in [0.1, 0.15) is 0 Å². The highest BCUT2D eigenvalue weighted by molar-refractivity contribution is 8.47. The minimum absolute atomic E-state index is 0.833. The maximum Gasteiger partial charge on any atom is 0.228 e. The van der Waals surface area contributed by atoms with Gasteiger partial charge in [-0.15, -0.1) is 0 Å². The lowest BCUT2D eigenvalue weighted by Crippen LogP contribution is -2.14. The van der Waals surface area contributed by atoms with Crippen LogP contribution in [-0.2, 0) is 9.37 Å². The molecule has 0 aliphatic rings. The summed E-state index contributed by atoms with van der Waals surface area (Å²) in [7, 11) is -2.73. The van der Waals surface area contributed by atoms with Crippen molar-refractivity contribution in [1.82, 2.24) is 0 Å². The molecule has 0 aliphatic heterocycles. The van der Waals surface area contributed by atoms with Crippen molar-refractivity contribution in [3.8, 4) is 0 Å². The molecule has 6 heteroatoms. The fraction of sp³-hybridized carbons (Fsp3) is 1.00. The number of hydrogen-bond acceptors (Lipinski definition) is 4. The van der Waals surface area contributed by atoms with Gasteiger partial charge < -0.3 is 4.80 Å². The van der Waals surface area contributed by atoms with Gasteiger partial charge >= 0.3 is 0 Å². The van der Waals surface area contributed by atoms with Crippen molar-refractivity contribution in [2.75, 3.05) is 12.0 Å². The minimum Gasteiger partial charge on any atom is -0.427 e. The van der Waals surface area contributed by atoms with Gasteiger partial charge in [-0.25, -0.2) is 5.26 Å². The van der Waals surface area contributed by atoms with Crippen molar-refractivity contribution in [3.63, 3.8) is 0 Å². The Morgan fingerprint density at radius 2 is 1.86 bits per heavy atom. The zero-order chi connectivity index (χ0) is 10.9. The van der Waals surface area contributed by atoms with E-state index in [1.54, 1.807) is 0 Å². The zero-order valence-electron chi connectivity index (χ0n) is 9.07. The first kappa shape index (κ1) is 14.4.